The zero-order chi connectivity index (χ0) is 27.6. The number of hydrogen-bond donors (Lipinski definition) is 3. The number of aromatic nitrogens is 4. The van der Waals surface area contributed by atoms with Gasteiger partial charge in [-0.15, -0.1) is 0 Å². The van der Waals surface area contributed by atoms with E-state index in [2.05, 4.69) is 40.0 Å². The Balaban J connectivity index is 1.50. The van der Waals surface area contributed by atoms with Crippen molar-refractivity contribution in [3.05, 3.63) is 90.1 Å². The predicted molar refractivity (Wildman–Crippen MR) is 158 cm³/mol. The number of benzene rings is 3. The second kappa shape index (κ2) is 10.7. The first-order valence-electron chi connectivity index (χ1n) is 12.6. The molecule has 2 aromatic heterocycles. The van der Waals surface area contributed by atoms with Gasteiger partial charge in [-0.25, -0.2) is 23.4 Å². The summed E-state index contributed by atoms with van der Waals surface area (Å²) in [4.78, 5) is 14.2. The van der Waals surface area contributed by atoms with Gasteiger partial charge in [0.05, 0.1) is 28.6 Å². The first kappa shape index (κ1) is 26.2. The monoisotopic (exact) mass is 541 g/mol. The lowest BCUT2D eigenvalue weighted by Crippen LogP contribution is -2.10. The minimum Gasteiger partial charge on any atom is -0.388 e. The third-order valence-electron chi connectivity index (χ3n) is 6.49. The lowest BCUT2D eigenvalue weighted by molar-refractivity contribution is 0.601. The van der Waals surface area contributed by atoms with Gasteiger partial charge in [0.1, 0.15) is 5.52 Å². The molecule has 10 heteroatoms. The topological polar surface area (TPSA) is 114 Å². The van der Waals surface area contributed by atoms with Crippen molar-refractivity contribution in [1.29, 1.82) is 0 Å². The highest BCUT2D eigenvalue weighted by Gasteiger charge is 2.19. The Hall–Kier alpha value is -4.44. The summed E-state index contributed by atoms with van der Waals surface area (Å²) in [6, 6.07) is 23.5. The summed E-state index contributed by atoms with van der Waals surface area (Å²) < 4.78 is 25.5. The molecule has 3 N–H and O–H groups in total. The number of nitrogens with one attached hydrogen (secondary N) is 3. The molecule has 0 fully saturated rings. The van der Waals surface area contributed by atoms with E-state index < -0.39 is 9.84 Å². The summed E-state index contributed by atoms with van der Waals surface area (Å²) in [6.45, 7) is 2.11. The van der Waals surface area contributed by atoms with Crippen molar-refractivity contribution in [2.75, 3.05) is 29.3 Å². The fourth-order valence-corrected chi connectivity index (χ4v) is 5.39. The zero-order valence-electron chi connectivity index (χ0n) is 22.3. The number of fused-ring (bicyclic) bond motifs is 1. The van der Waals surface area contributed by atoms with E-state index in [0.717, 1.165) is 28.2 Å². The lowest BCUT2D eigenvalue weighted by Gasteiger charge is -2.14. The minimum atomic E-state index is -3.14. The van der Waals surface area contributed by atoms with E-state index in [1.807, 2.05) is 67.2 Å². The van der Waals surface area contributed by atoms with Crippen LogP contribution in [0.1, 0.15) is 24.1 Å². The second-order valence-corrected chi connectivity index (χ2v) is 11.7. The Morgan fingerprint density at radius 3 is 2.51 bits per heavy atom. The highest BCUT2D eigenvalue weighted by atomic mass is 32.2. The number of imidazole rings is 1. The van der Waals surface area contributed by atoms with E-state index >= 15 is 0 Å². The van der Waals surface area contributed by atoms with Crippen molar-refractivity contribution < 1.29 is 8.42 Å². The molecule has 1 atom stereocenters. The average Bonchev–Trinajstić information content (AvgIpc) is 3.22. The standard InChI is InChI=1S/C29H31N7O2S/c1-19(21-10-6-5-7-11-21)32-29-35-27-25(36(29)3)14-13-23(30-2)26(27)24-15-16-31-28(34-24)33-22-12-8-9-20(17-22)18-39(4,37)38/h5-17,19,30H,18H2,1-4H3,(H,32,35)(H,31,33,34). The number of anilines is 4. The Morgan fingerprint density at radius 2 is 1.77 bits per heavy atom. The van der Waals surface area contributed by atoms with Gasteiger partial charge in [0.15, 0.2) is 9.84 Å². The normalized spacial score (nSPS) is 12.3. The molecule has 2 heterocycles. The van der Waals surface area contributed by atoms with E-state index in [4.69, 9.17) is 9.97 Å². The van der Waals surface area contributed by atoms with Crippen LogP contribution in [0.25, 0.3) is 22.3 Å². The van der Waals surface area contributed by atoms with Gasteiger partial charge < -0.3 is 20.5 Å². The van der Waals surface area contributed by atoms with Gasteiger partial charge in [-0.1, -0.05) is 42.5 Å². The highest BCUT2D eigenvalue weighted by Crippen LogP contribution is 2.36. The third-order valence-corrected chi connectivity index (χ3v) is 7.35. The van der Waals surface area contributed by atoms with Crippen molar-refractivity contribution in [3.63, 3.8) is 0 Å². The predicted octanol–water partition coefficient (Wildman–Crippen LogP) is 5.53. The molecule has 0 saturated heterocycles. The number of aryl methyl sites for hydroxylation is 1. The summed E-state index contributed by atoms with van der Waals surface area (Å²) in [7, 11) is 0.724. The van der Waals surface area contributed by atoms with Gasteiger partial charge in [-0.2, -0.15) is 0 Å². The van der Waals surface area contributed by atoms with Gasteiger partial charge in [0.25, 0.3) is 0 Å². The Labute approximate surface area is 228 Å². The molecule has 0 aliphatic heterocycles. The zero-order valence-corrected chi connectivity index (χ0v) is 23.1. The van der Waals surface area contributed by atoms with Gasteiger partial charge in [-0.3, -0.25) is 0 Å². The summed E-state index contributed by atoms with van der Waals surface area (Å²) in [6.07, 6.45) is 2.92. The van der Waals surface area contributed by atoms with Gasteiger partial charge >= 0.3 is 0 Å². The maximum atomic E-state index is 11.7. The van der Waals surface area contributed by atoms with Crippen LogP contribution in [0.15, 0.2) is 79.0 Å². The molecule has 5 aromatic rings. The Bertz CT molecular complexity index is 1730. The Kier molecular flexibility index (Phi) is 7.21. The van der Waals surface area contributed by atoms with Crippen LogP contribution in [-0.2, 0) is 22.6 Å². The molecule has 3 aromatic carbocycles. The van der Waals surface area contributed by atoms with Crippen LogP contribution in [0.5, 0.6) is 0 Å². The summed E-state index contributed by atoms with van der Waals surface area (Å²) in [5.41, 5.74) is 6.81. The van der Waals surface area contributed by atoms with Crippen LogP contribution in [0.2, 0.25) is 0 Å². The van der Waals surface area contributed by atoms with Crippen LogP contribution in [-0.4, -0.2) is 41.2 Å². The SMILES string of the molecule is CNc1ccc2c(nc(NC(C)c3ccccc3)n2C)c1-c1ccnc(Nc2cccc(CS(C)(=O)=O)c2)n1. The second-order valence-electron chi connectivity index (χ2n) is 9.54. The van der Waals surface area contributed by atoms with Gasteiger partial charge in [0.2, 0.25) is 11.9 Å². The molecule has 0 aliphatic carbocycles. The maximum absolute atomic E-state index is 11.7. The van der Waals surface area contributed by atoms with Gasteiger partial charge in [0, 0.05) is 37.9 Å². The summed E-state index contributed by atoms with van der Waals surface area (Å²) in [5.74, 6) is 1.12. The number of hydrogen-bond acceptors (Lipinski definition) is 8. The van der Waals surface area contributed by atoms with E-state index in [1.165, 1.54) is 11.8 Å². The Morgan fingerprint density at radius 1 is 0.974 bits per heavy atom. The van der Waals surface area contributed by atoms with E-state index in [9.17, 15) is 8.42 Å². The summed E-state index contributed by atoms with van der Waals surface area (Å²) >= 11 is 0. The first-order chi connectivity index (χ1) is 18.7. The molecule has 0 bridgehead atoms. The molecule has 0 amide bonds. The molecule has 39 heavy (non-hydrogen) atoms. The molecule has 9 nitrogen and oxygen atoms in total. The molecule has 0 radical (unpaired) electrons. The molecule has 0 spiro atoms. The highest BCUT2D eigenvalue weighted by molar-refractivity contribution is 7.89. The van der Waals surface area contributed by atoms with E-state index in [1.54, 1.807) is 18.3 Å². The molecule has 200 valence electrons. The van der Waals surface area contributed by atoms with Crippen LogP contribution < -0.4 is 16.0 Å². The molecule has 5 rings (SSSR count). The number of nitrogens with zero attached hydrogens (tertiary/aromatic N) is 4. The summed E-state index contributed by atoms with van der Waals surface area (Å²) in [5, 5.41) is 10.0. The largest absolute Gasteiger partial charge is 0.388 e. The lowest BCUT2D eigenvalue weighted by atomic mass is 10.1. The van der Waals surface area contributed by atoms with Crippen molar-refractivity contribution in [2.45, 2.75) is 18.7 Å². The fourth-order valence-electron chi connectivity index (χ4n) is 4.60. The van der Waals surface area contributed by atoms with Crippen LogP contribution in [0.3, 0.4) is 0 Å². The molecule has 0 aliphatic rings. The molecule has 1 unspecified atom stereocenters. The fraction of sp³-hybridized carbons (Fsp3) is 0.207. The minimum absolute atomic E-state index is 0.0319. The average molecular weight is 542 g/mol. The van der Waals surface area contributed by atoms with Crippen molar-refractivity contribution in [1.82, 2.24) is 19.5 Å². The maximum Gasteiger partial charge on any atom is 0.227 e. The smallest absolute Gasteiger partial charge is 0.227 e. The van der Waals surface area contributed by atoms with Crippen LogP contribution in [0.4, 0.5) is 23.3 Å². The quantitative estimate of drug-likeness (QED) is 0.223. The van der Waals surface area contributed by atoms with E-state index in [-0.39, 0.29) is 11.8 Å². The van der Waals surface area contributed by atoms with Crippen molar-refractivity contribution >= 4 is 44.1 Å². The van der Waals surface area contributed by atoms with Gasteiger partial charge in [-0.05, 0) is 48.4 Å². The number of rotatable bonds is 9. The van der Waals surface area contributed by atoms with E-state index in [0.29, 0.717) is 22.9 Å². The molecule has 0 saturated carbocycles. The number of sulfone groups is 1. The van der Waals surface area contributed by atoms with Crippen molar-refractivity contribution in [3.8, 4) is 11.3 Å². The van der Waals surface area contributed by atoms with Crippen LogP contribution in [0, 0.1) is 0 Å². The first-order valence-corrected chi connectivity index (χ1v) is 14.6. The van der Waals surface area contributed by atoms with Crippen molar-refractivity contribution in [2.24, 2.45) is 7.05 Å². The third kappa shape index (κ3) is 5.85. The molecular formula is C29H31N7O2S. The van der Waals surface area contributed by atoms with Crippen LogP contribution >= 0.6 is 0 Å². The molecular weight excluding hydrogens is 510 g/mol.